The van der Waals surface area contributed by atoms with Gasteiger partial charge in [0.1, 0.15) is 0 Å². The predicted octanol–water partition coefficient (Wildman–Crippen LogP) is 1.94. The van der Waals surface area contributed by atoms with Gasteiger partial charge in [0.25, 0.3) is 0 Å². The van der Waals surface area contributed by atoms with E-state index >= 15 is 0 Å². The van der Waals surface area contributed by atoms with Crippen LogP contribution in [0, 0.1) is 5.41 Å². The molecule has 3 unspecified atom stereocenters. The molecular formula is C12H25NO2. The highest BCUT2D eigenvalue weighted by molar-refractivity contribution is 4.92. The van der Waals surface area contributed by atoms with Crippen molar-refractivity contribution in [3.8, 4) is 0 Å². The van der Waals surface area contributed by atoms with Gasteiger partial charge >= 0.3 is 0 Å². The Morgan fingerprint density at radius 3 is 2.73 bits per heavy atom. The largest absolute Gasteiger partial charge is 0.382 e. The average Bonchev–Trinajstić information content (AvgIpc) is 2.13. The third kappa shape index (κ3) is 3.44. The second-order valence-electron chi connectivity index (χ2n) is 5.35. The van der Waals surface area contributed by atoms with Crippen molar-refractivity contribution in [2.75, 3.05) is 13.7 Å². The van der Waals surface area contributed by atoms with Crippen LogP contribution < -0.4 is 5.73 Å². The number of nitrogens with two attached hydrogens (primary N) is 1. The Morgan fingerprint density at radius 1 is 1.47 bits per heavy atom. The maximum absolute atomic E-state index is 6.24. The molecule has 0 radical (unpaired) electrons. The fraction of sp³-hybridized carbons (Fsp3) is 1.00. The highest BCUT2D eigenvalue weighted by Gasteiger charge is 2.37. The zero-order valence-electron chi connectivity index (χ0n) is 10.5. The van der Waals surface area contributed by atoms with Crippen LogP contribution in [-0.2, 0) is 9.47 Å². The van der Waals surface area contributed by atoms with Gasteiger partial charge in [-0.1, -0.05) is 20.3 Å². The van der Waals surface area contributed by atoms with Gasteiger partial charge in [-0.15, -0.1) is 0 Å². The molecule has 90 valence electrons. The van der Waals surface area contributed by atoms with Gasteiger partial charge in [-0.25, -0.2) is 0 Å². The smallest absolute Gasteiger partial charge is 0.0784 e. The number of ether oxygens (including phenoxy) is 2. The maximum atomic E-state index is 6.24. The van der Waals surface area contributed by atoms with Crippen molar-refractivity contribution in [3.05, 3.63) is 0 Å². The van der Waals surface area contributed by atoms with Gasteiger partial charge in [0.15, 0.2) is 0 Å². The summed E-state index contributed by atoms with van der Waals surface area (Å²) >= 11 is 0. The molecule has 3 nitrogen and oxygen atoms in total. The first-order valence-electron chi connectivity index (χ1n) is 5.87. The first-order valence-corrected chi connectivity index (χ1v) is 5.87. The van der Waals surface area contributed by atoms with Crippen LogP contribution in [0.15, 0.2) is 0 Å². The molecule has 1 aliphatic rings. The third-order valence-electron chi connectivity index (χ3n) is 3.42. The molecule has 15 heavy (non-hydrogen) atoms. The summed E-state index contributed by atoms with van der Waals surface area (Å²) in [4.78, 5) is 0. The summed E-state index contributed by atoms with van der Waals surface area (Å²) in [6.07, 6.45) is 3.83. The highest BCUT2D eigenvalue weighted by atomic mass is 16.5. The minimum absolute atomic E-state index is 0.139. The van der Waals surface area contributed by atoms with E-state index in [0.29, 0.717) is 6.61 Å². The molecule has 0 bridgehead atoms. The van der Waals surface area contributed by atoms with Crippen LogP contribution in [0.25, 0.3) is 0 Å². The van der Waals surface area contributed by atoms with E-state index in [2.05, 4.69) is 13.8 Å². The third-order valence-corrected chi connectivity index (χ3v) is 3.42. The molecule has 0 aliphatic heterocycles. The van der Waals surface area contributed by atoms with E-state index in [1.165, 1.54) is 12.8 Å². The standard InChI is InChI=1S/C12H25NO2/c1-9(8-14-4)15-10-6-5-7-12(2,3)11(10)13/h9-11H,5-8,13H2,1-4H3. The van der Waals surface area contributed by atoms with Crippen molar-refractivity contribution < 1.29 is 9.47 Å². The fourth-order valence-corrected chi connectivity index (χ4v) is 2.33. The quantitative estimate of drug-likeness (QED) is 0.779. The second kappa shape index (κ2) is 5.28. The summed E-state index contributed by atoms with van der Waals surface area (Å²) in [6.45, 7) is 7.14. The zero-order valence-corrected chi connectivity index (χ0v) is 10.5. The van der Waals surface area contributed by atoms with Crippen molar-refractivity contribution in [1.29, 1.82) is 0 Å². The molecule has 0 spiro atoms. The molecule has 0 aromatic heterocycles. The van der Waals surface area contributed by atoms with Crippen molar-refractivity contribution in [2.24, 2.45) is 11.1 Å². The van der Waals surface area contributed by atoms with E-state index in [4.69, 9.17) is 15.2 Å². The fourth-order valence-electron chi connectivity index (χ4n) is 2.33. The summed E-state index contributed by atoms with van der Waals surface area (Å²) in [5, 5.41) is 0. The highest BCUT2D eigenvalue weighted by Crippen LogP contribution is 2.36. The molecule has 1 rings (SSSR count). The minimum Gasteiger partial charge on any atom is -0.382 e. The molecule has 0 aromatic carbocycles. The molecule has 3 heteroatoms. The minimum atomic E-state index is 0.139. The summed E-state index contributed by atoms with van der Waals surface area (Å²) in [5.74, 6) is 0. The Morgan fingerprint density at radius 2 is 2.13 bits per heavy atom. The summed E-state index contributed by atoms with van der Waals surface area (Å²) < 4.78 is 11.0. The van der Waals surface area contributed by atoms with E-state index in [-0.39, 0.29) is 23.7 Å². The van der Waals surface area contributed by atoms with Crippen molar-refractivity contribution in [3.63, 3.8) is 0 Å². The molecule has 3 atom stereocenters. The van der Waals surface area contributed by atoms with Gasteiger partial charge in [0.05, 0.1) is 18.8 Å². The Kier molecular flexibility index (Phi) is 4.56. The van der Waals surface area contributed by atoms with Gasteiger partial charge in [-0.3, -0.25) is 0 Å². The molecule has 0 heterocycles. The normalized spacial score (nSPS) is 32.6. The Hall–Kier alpha value is -0.120. The van der Waals surface area contributed by atoms with E-state index in [0.717, 1.165) is 6.42 Å². The van der Waals surface area contributed by atoms with E-state index in [9.17, 15) is 0 Å². The topological polar surface area (TPSA) is 44.5 Å². The van der Waals surface area contributed by atoms with Crippen molar-refractivity contribution in [1.82, 2.24) is 0 Å². The average molecular weight is 215 g/mol. The van der Waals surface area contributed by atoms with Crippen LogP contribution >= 0.6 is 0 Å². The van der Waals surface area contributed by atoms with E-state index < -0.39 is 0 Å². The molecule has 2 N–H and O–H groups in total. The molecule has 0 amide bonds. The first-order chi connectivity index (χ1) is 6.97. The lowest BCUT2D eigenvalue weighted by Crippen LogP contribution is -2.51. The van der Waals surface area contributed by atoms with Gasteiger partial charge in [-0.2, -0.15) is 0 Å². The van der Waals surface area contributed by atoms with Crippen LogP contribution in [0.5, 0.6) is 0 Å². The lowest BCUT2D eigenvalue weighted by atomic mass is 9.72. The lowest BCUT2D eigenvalue weighted by molar-refractivity contribution is -0.0813. The van der Waals surface area contributed by atoms with Crippen LogP contribution in [0.4, 0.5) is 0 Å². The van der Waals surface area contributed by atoms with Crippen LogP contribution in [0.1, 0.15) is 40.0 Å². The van der Waals surface area contributed by atoms with Gasteiger partial charge in [0.2, 0.25) is 0 Å². The maximum Gasteiger partial charge on any atom is 0.0784 e. The number of hydrogen-bond donors (Lipinski definition) is 1. The van der Waals surface area contributed by atoms with Crippen molar-refractivity contribution >= 4 is 0 Å². The zero-order chi connectivity index (χ0) is 11.5. The second-order valence-corrected chi connectivity index (χ2v) is 5.35. The molecule has 0 saturated heterocycles. The molecule has 1 aliphatic carbocycles. The van der Waals surface area contributed by atoms with Gasteiger partial charge in [-0.05, 0) is 25.2 Å². The Balaban J connectivity index is 2.47. The number of hydrogen-bond acceptors (Lipinski definition) is 3. The summed E-state index contributed by atoms with van der Waals surface area (Å²) in [5.41, 5.74) is 6.44. The van der Waals surface area contributed by atoms with Crippen LogP contribution in [0.2, 0.25) is 0 Å². The summed E-state index contributed by atoms with van der Waals surface area (Å²) in [7, 11) is 1.70. The number of methoxy groups -OCH3 is 1. The molecule has 1 saturated carbocycles. The van der Waals surface area contributed by atoms with E-state index in [1.54, 1.807) is 7.11 Å². The van der Waals surface area contributed by atoms with E-state index in [1.807, 2.05) is 6.92 Å². The monoisotopic (exact) mass is 215 g/mol. The SMILES string of the molecule is COCC(C)OC1CCCC(C)(C)C1N. The molecule has 0 aromatic rings. The molecular weight excluding hydrogens is 190 g/mol. The Labute approximate surface area is 93.3 Å². The van der Waals surface area contributed by atoms with Gasteiger partial charge < -0.3 is 15.2 Å². The summed E-state index contributed by atoms with van der Waals surface area (Å²) in [6, 6.07) is 0.144. The lowest BCUT2D eigenvalue weighted by Gasteiger charge is -2.42. The van der Waals surface area contributed by atoms with Crippen LogP contribution in [0.3, 0.4) is 0 Å². The first kappa shape index (κ1) is 12.9. The predicted molar refractivity (Wildman–Crippen MR) is 61.8 cm³/mol. The Bertz CT molecular complexity index is 194. The van der Waals surface area contributed by atoms with Gasteiger partial charge in [0, 0.05) is 13.2 Å². The van der Waals surface area contributed by atoms with Crippen LogP contribution in [-0.4, -0.2) is 32.0 Å². The molecule has 1 fully saturated rings. The number of rotatable bonds is 4. The van der Waals surface area contributed by atoms with Crippen molar-refractivity contribution in [2.45, 2.75) is 58.3 Å².